The van der Waals surface area contributed by atoms with Crippen LogP contribution < -0.4 is 30.7 Å². The highest BCUT2D eigenvalue weighted by Gasteiger charge is 2.26. The Morgan fingerprint density at radius 2 is 0.917 bits per heavy atom. The van der Waals surface area contributed by atoms with Crippen molar-refractivity contribution in [3.05, 3.63) is 198 Å². The molecular weight excluding hydrogens is 1710 g/mol. The predicted molar refractivity (Wildman–Crippen MR) is 524 cm³/mol. The van der Waals surface area contributed by atoms with Gasteiger partial charge in [-0.25, -0.2) is 64.6 Å². The van der Waals surface area contributed by atoms with Crippen molar-refractivity contribution in [3.8, 4) is 6.07 Å². The summed E-state index contributed by atoms with van der Waals surface area (Å²) in [5, 5.41) is 25.0. The van der Waals surface area contributed by atoms with Crippen molar-refractivity contribution in [1.82, 2.24) is 118 Å². The monoisotopic (exact) mass is 1830 g/mol. The largest absolute Gasteiger partial charge is 0.462 e. The topological polar surface area (TPSA) is 372 Å². The van der Waals surface area contributed by atoms with Crippen LogP contribution in [-0.4, -0.2) is 313 Å². The second-order valence-corrected chi connectivity index (χ2v) is 32.6. The normalized spacial score (nSPS) is 15.4. The molecule has 0 spiro atoms. The molecule has 0 unspecified atom stereocenters. The lowest BCUT2D eigenvalue weighted by Crippen LogP contribution is -2.29. The van der Waals surface area contributed by atoms with Crippen molar-refractivity contribution in [3.63, 3.8) is 0 Å². The summed E-state index contributed by atoms with van der Waals surface area (Å²) in [4.78, 5) is 120. The number of likely N-dealkylation sites (N-methyl/N-ethyl adjacent to an activating group) is 5. The van der Waals surface area contributed by atoms with Gasteiger partial charge in [-0.3, -0.25) is 28.2 Å². The van der Waals surface area contributed by atoms with E-state index in [-0.39, 0.29) is 21.9 Å². The van der Waals surface area contributed by atoms with Gasteiger partial charge >= 0.3 is 5.97 Å². The number of carbonyl (C=O) groups excluding carboxylic acids is 3. The lowest BCUT2D eigenvalue weighted by atomic mass is 10.2. The minimum absolute atomic E-state index is 0.0301. The van der Waals surface area contributed by atoms with Gasteiger partial charge in [0.2, 0.25) is 0 Å². The zero-order chi connectivity index (χ0) is 93.4. The van der Waals surface area contributed by atoms with Crippen molar-refractivity contribution in [2.75, 3.05) is 201 Å². The fourth-order valence-corrected chi connectivity index (χ4v) is 15.9. The molecular formula is C95H117Cl2N29O6. The third-order valence-electron chi connectivity index (χ3n) is 22.4. The van der Waals surface area contributed by atoms with Crippen LogP contribution in [0.3, 0.4) is 0 Å². The highest BCUT2D eigenvalue weighted by atomic mass is 35.5. The maximum atomic E-state index is 12.6. The number of imidazole rings is 4. The van der Waals surface area contributed by atoms with Gasteiger partial charge in [-0.15, -0.1) is 0 Å². The summed E-state index contributed by atoms with van der Waals surface area (Å²) < 4.78 is 11.1. The van der Waals surface area contributed by atoms with E-state index in [2.05, 4.69) is 166 Å². The molecule has 37 heteroatoms. The molecule has 0 aliphatic carbocycles. The molecule has 0 saturated carbocycles. The van der Waals surface area contributed by atoms with Crippen LogP contribution in [0.2, 0.25) is 10.3 Å². The van der Waals surface area contributed by atoms with Crippen LogP contribution >= 0.6 is 23.2 Å². The lowest BCUT2D eigenvalue weighted by molar-refractivity contribution is -0.244. The molecule has 20 rings (SSSR count). The number of nitrogens with one attached hydrogen (secondary N) is 5. The number of benzene rings is 4. The minimum atomic E-state index is -0.402. The quantitative estimate of drug-likeness (QED) is 0.0153. The van der Waals surface area contributed by atoms with Crippen LogP contribution in [0.4, 0.5) is 17.5 Å². The van der Waals surface area contributed by atoms with E-state index < -0.39 is 5.97 Å². The van der Waals surface area contributed by atoms with E-state index in [0.717, 1.165) is 196 Å². The number of aromatic amines is 1. The SMILES string of the molecule is C=C=N.C=COOCC.CCOC(=O)c1cc2ncc(N3CCCN(C)CC3)nc2n2c1nc1ccccc12.CCc1nc2ccccc2[nH]1.CN1CCCN(c2cnc3cc(C#N)c4nc5ccccc5n4c3n2)CC1.CN1CCCNCC1.CN1CCCNCC1.CNC(=O)c1cc2ncc(N3CCCN(C)CC3)nc2n2c1nc1ccccc12.O=Cc1ncc(Cl)nc1Cl. The van der Waals surface area contributed by atoms with E-state index >= 15 is 0 Å². The zero-order valence-electron chi connectivity index (χ0n) is 76.6. The second-order valence-electron chi connectivity index (χ2n) is 31.8. The lowest BCUT2D eigenvalue weighted by Gasteiger charge is -2.21. The number of pyridine rings is 3. The molecule has 0 bridgehead atoms. The molecule has 4 aromatic carbocycles. The molecule has 5 fully saturated rings. The van der Waals surface area contributed by atoms with Gasteiger partial charge in [-0.1, -0.05) is 85.2 Å². The number of rotatable bonds is 11. The van der Waals surface area contributed by atoms with Gasteiger partial charge in [-0.05, 0) is 206 Å². The molecule has 15 aromatic rings. The average molecular weight is 1830 g/mol. The highest BCUT2D eigenvalue weighted by molar-refractivity contribution is 6.33. The number of nitrogens with zero attached hydrogens (tertiary/aromatic N) is 24. The van der Waals surface area contributed by atoms with Crippen LogP contribution in [0.25, 0.3) is 94.6 Å². The van der Waals surface area contributed by atoms with Crippen LogP contribution in [0, 0.1) is 16.7 Å². The molecule has 0 radical (unpaired) electrons. The number of halogens is 2. The molecule has 1 amide bonds. The Hall–Kier alpha value is -13.0. The van der Waals surface area contributed by atoms with Crippen LogP contribution in [0.5, 0.6) is 0 Å². The number of nitriles is 1. The minimum Gasteiger partial charge on any atom is -0.462 e. The Morgan fingerprint density at radius 3 is 1.34 bits per heavy atom. The standard InChI is InChI=1S/C22H24N6O2.C21H23N7O.C20H19N7.C9H10N2.2C6H14N2.C5H2Cl2N2O.C4H8O2.C2H3N/c1-3-30-22(29)15-13-17-21(28-18-8-5-4-7-16(18)24-20(15)28)25-19(14-23-17)27-10-6-9-26(2)11-12-27;1-22-21(29)14-12-16-20(28-17-7-4-3-6-15(17)24-19(14)28)25-18(13-23-16)27-9-5-8-26(2)10-11-27;1-25-7-4-8-26(10-9-25)18-13-22-16-11-14(12-21)19-23-15-5-2-3-6-17(15)27(19)20(16)24-18;1-2-9-10-7-5-3-4-6-8(7)11-9;2*1-8-5-2-3-7-4-6-8;6-4-1-8-3(2-10)5(7)9-4;1-3-5-6-4-2;1-2-3/h4-5,7-8,13-14H,3,6,9-12H2,1-2H3;3-4,6-7,12-13H,5,8-11H2,1-2H3,(H,22,29);2-3,5-6,11,13H,4,7-10H2,1H3;3-6H,2H2,1H3,(H,10,11);2*7H,2-6H2,1H3;1-2H;3H,1,4H2,2H3;3H,1H2. The van der Waals surface area contributed by atoms with Crippen molar-refractivity contribution in [2.45, 2.75) is 59.3 Å². The number of esters is 1. The first-order valence-electron chi connectivity index (χ1n) is 44.5. The van der Waals surface area contributed by atoms with Crippen molar-refractivity contribution >= 4 is 159 Å². The van der Waals surface area contributed by atoms with Crippen molar-refractivity contribution in [1.29, 1.82) is 10.7 Å². The van der Waals surface area contributed by atoms with E-state index in [1.165, 1.54) is 64.6 Å². The van der Waals surface area contributed by atoms with E-state index in [4.69, 9.17) is 58.3 Å². The van der Waals surface area contributed by atoms with Crippen molar-refractivity contribution in [2.24, 2.45) is 0 Å². The number of para-hydroxylation sites is 8. The number of carbonyl (C=O) groups is 3. The number of H-pyrrole nitrogens is 1. The van der Waals surface area contributed by atoms with Gasteiger partial charge < -0.3 is 69.8 Å². The predicted octanol–water partition coefficient (Wildman–Crippen LogP) is 12.2. The number of hydrogen-bond acceptors (Lipinski definition) is 30. The van der Waals surface area contributed by atoms with Gasteiger partial charge in [0.1, 0.15) is 68.6 Å². The molecule has 692 valence electrons. The van der Waals surface area contributed by atoms with Gasteiger partial charge in [0.05, 0.1) is 93.3 Å². The number of hydrogen-bond donors (Lipinski definition) is 5. The number of aryl methyl sites for hydroxylation is 1. The number of aromatic nitrogens is 16. The number of anilines is 3. The zero-order valence-corrected chi connectivity index (χ0v) is 78.1. The van der Waals surface area contributed by atoms with E-state index in [9.17, 15) is 19.6 Å². The average Bonchev–Trinajstić information content (AvgIpc) is 1.57. The summed E-state index contributed by atoms with van der Waals surface area (Å²) in [5.74, 6) is 4.81. The molecule has 11 aromatic heterocycles. The first kappa shape index (κ1) is 98.1. The molecule has 35 nitrogen and oxygen atoms in total. The molecule has 16 heterocycles. The first-order valence-corrected chi connectivity index (χ1v) is 45.3. The van der Waals surface area contributed by atoms with E-state index in [1.807, 2.05) is 130 Å². The van der Waals surface area contributed by atoms with Gasteiger partial charge in [0.15, 0.2) is 45.3 Å². The third-order valence-corrected chi connectivity index (χ3v) is 22.9. The summed E-state index contributed by atoms with van der Waals surface area (Å²) in [6, 6.07) is 39.2. The first-order chi connectivity index (χ1) is 64.3. The molecule has 5 N–H and O–H groups in total. The fraction of sp³-hybridized carbons (Fsp3) is 0.389. The number of aldehydes is 1. The molecule has 5 aliphatic rings. The second kappa shape index (κ2) is 49.3. The van der Waals surface area contributed by atoms with Gasteiger partial charge in [0, 0.05) is 98.6 Å². The smallest absolute Gasteiger partial charge is 0.342 e. The van der Waals surface area contributed by atoms with Crippen LogP contribution in [0.15, 0.2) is 159 Å². The third kappa shape index (κ3) is 25.6. The number of ether oxygens (including phenoxy) is 1. The highest BCUT2D eigenvalue weighted by Crippen LogP contribution is 2.31. The summed E-state index contributed by atoms with van der Waals surface area (Å²) >= 11 is 10.8. The van der Waals surface area contributed by atoms with Crippen LogP contribution in [-0.2, 0) is 20.9 Å². The summed E-state index contributed by atoms with van der Waals surface area (Å²) in [6.45, 7) is 34.3. The van der Waals surface area contributed by atoms with E-state index in [0.29, 0.717) is 75.3 Å². The van der Waals surface area contributed by atoms with Crippen LogP contribution in [0.1, 0.15) is 95.5 Å². The Labute approximate surface area is 777 Å². The van der Waals surface area contributed by atoms with Gasteiger partial charge in [0.25, 0.3) is 5.91 Å². The Morgan fingerprint density at radius 1 is 0.492 bits per heavy atom. The Kier molecular flexibility index (Phi) is 36.7. The summed E-state index contributed by atoms with van der Waals surface area (Å²) in [7, 11) is 12.4. The fourth-order valence-electron chi connectivity index (χ4n) is 15.5. The Bertz CT molecular complexity index is 6410. The molecule has 5 saturated heterocycles. The summed E-state index contributed by atoms with van der Waals surface area (Å²) in [6.07, 6.45) is 15.3. The Balaban J connectivity index is 0.000000145. The maximum absolute atomic E-state index is 12.6. The summed E-state index contributed by atoms with van der Waals surface area (Å²) in [5.41, 5.74) is 14.9. The van der Waals surface area contributed by atoms with Gasteiger partial charge in [-0.2, -0.15) is 10.1 Å². The van der Waals surface area contributed by atoms with Crippen molar-refractivity contribution < 1.29 is 28.9 Å². The molecule has 0 atom stereocenters. The maximum Gasteiger partial charge on any atom is 0.342 e. The number of fused-ring (bicyclic) bond motifs is 16. The molecule has 5 aliphatic heterocycles. The van der Waals surface area contributed by atoms with E-state index in [1.54, 1.807) is 44.2 Å². The molecule has 132 heavy (non-hydrogen) atoms. The number of amides is 1.